The van der Waals surface area contributed by atoms with Crippen LogP contribution in [0.3, 0.4) is 0 Å². The highest BCUT2D eigenvalue weighted by Gasteiger charge is 2.51. The SMILES string of the molecule is CC1(S(=O)(=O)NC(=O)C2C/C=C\CCCCC[C@H](NC(=O)O)C(=O)N3CCCC3C(=O)N2)CC1. The van der Waals surface area contributed by atoms with Crippen LogP contribution in [0.1, 0.15) is 71.1 Å². The molecule has 2 fully saturated rings. The molecule has 0 bridgehead atoms. The smallest absolute Gasteiger partial charge is 0.405 e. The van der Waals surface area contributed by atoms with Crippen molar-refractivity contribution < 1.29 is 32.7 Å². The second-order valence-electron chi connectivity index (χ2n) is 9.52. The number of carbonyl (C=O) groups excluding carboxylic acids is 3. The van der Waals surface area contributed by atoms with Crippen LogP contribution in [-0.4, -0.2) is 71.7 Å². The first-order valence-electron chi connectivity index (χ1n) is 11.9. The molecule has 2 unspecified atom stereocenters. The summed E-state index contributed by atoms with van der Waals surface area (Å²) in [5, 5.41) is 14.1. The summed E-state index contributed by atoms with van der Waals surface area (Å²) >= 11 is 0. The Morgan fingerprint density at radius 3 is 2.53 bits per heavy atom. The van der Waals surface area contributed by atoms with Crippen LogP contribution in [0.2, 0.25) is 0 Å². The van der Waals surface area contributed by atoms with Crippen LogP contribution in [0.5, 0.6) is 0 Å². The Hall–Kier alpha value is -2.63. The molecular weight excluding hydrogens is 464 g/mol. The van der Waals surface area contributed by atoms with E-state index in [-0.39, 0.29) is 6.42 Å². The summed E-state index contributed by atoms with van der Waals surface area (Å²) in [5.74, 6) is -1.83. The van der Waals surface area contributed by atoms with Gasteiger partial charge in [0.25, 0.3) is 5.91 Å². The van der Waals surface area contributed by atoms with Crippen molar-refractivity contribution in [3.8, 4) is 0 Å². The van der Waals surface area contributed by atoms with E-state index in [0.29, 0.717) is 51.5 Å². The highest BCUT2D eigenvalue weighted by atomic mass is 32.2. The number of amides is 4. The fourth-order valence-electron chi connectivity index (χ4n) is 4.32. The molecule has 2 heterocycles. The average molecular weight is 499 g/mol. The zero-order valence-corrected chi connectivity index (χ0v) is 20.2. The normalized spacial score (nSPS) is 29.1. The molecule has 1 saturated heterocycles. The first-order chi connectivity index (χ1) is 16.0. The van der Waals surface area contributed by atoms with E-state index in [4.69, 9.17) is 0 Å². The molecule has 3 rings (SSSR count). The minimum Gasteiger partial charge on any atom is -0.465 e. The lowest BCUT2D eigenvalue weighted by Gasteiger charge is -2.29. The van der Waals surface area contributed by atoms with Gasteiger partial charge in [-0.25, -0.2) is 13.2 Å². The predicted octanol–water partition coefficient (Wildman–Crippen LogP) is 1.01. The number of sulfonamides is 1. The number of nitrogens with one attached hydrogen (secondary N) is 3. The number of hydrogen-bond donors (Lipinski definition) is 4. The van der Waals surface area contributed by atoms with E-state index in [9.17, 15) is 32.7 Å². The van der Waals surface area contributed by atoms with Gasteiger partial charge >= 0.3 is 6.09 Å². The summed E-state index contributed by atoms with van der Waals surface area (Å²) in [6, 6.07) is -2.92. The maximum absolute atomic E-state index is 13.1. The summed E-state index contributed by atoms with van der Waals surface area (Å²) in [7, 11) is -3.87. The fourth-order valence-corrected chi connectivity index (χ4v) is 5.61. The average Bonchev–Trinajstić information content (AvgIpc) is 3.33. The van der Waals surface area contributed by atoms with Gasteiger partial charge in [0, 0.05) is 6.54 Å². The van der Waals surface area contributed by atoms with Crippen molar-refractivity contribution in [3.05, 3.63) is 12.2 Å². The molecule has 190 valence electrons. The predicted molar refractivity (Wildman–Crippen MR) is 123 cm³/mol. The van der Waals surface area contributed by atoms with Crippen LogP contribution in [0.4, 0.5) is 4.79 Å². The van der Waals surface area contributed by atoms with Gasteiger partial charge in [-0.1, -0.05) is 25.0 Å². The number of nitrogens with zero attached hydrogens (tertiary/aromatic N) is 1. The van der Waals surface area contributed by atoms with Crippen LogP contribution in [0, 0.1) is 0 Å². The van der Waals surface area contributed by atoms with Gasteiger partial charge < -0.3 is 20.6 Å². The monoisotopic (exact) mass is 498 g/mol. The zero-order chi connectivity index (χ0) is 24.9. The Labute approximate surface area is 199 Å². The molecule has 4 amide bonds. The third kappa shape index (κ3) is 6.28. The van der Waals surface area contributed by atoms with Gasteiger partial charge in [-0.2, -0.15) is 0 Å². The Bertz CT molecular complexity index is 945. The molecule has 3 atom stereocenters. The third-order valence-electron chi connectivity index (χ3n) is 6.81. The van der Waals surface area contributed by atoms with E-state index in [2.05, 4.69) is 15.4 Å². The van der Waals surface area contributed by atoms with E-state index in [1.54, 1.807) is 13.0 Å². The molecule has 0 aromatic heterocycles. The first-order valence-corrected chi connectivity index (χ1v) is 13.3. The zero-order valence-electron chi connectivity index (χ0n) is 19.4. The van der Waals surface area contributed by atoms with Crippen molar-refractivity contribution in [1.29, 1.82) is 0 Å². The van der Waals surface area contributed by atoms with E-state index in [1.807, 2.05) is 6.08 Å². The van der Waals surface area contributed by atoms with Gasteiger partial charge in [-0.15, -0.1) is 0 Å². The Kier molecular flexibility index (Phi) is 8.21. The molecule has 0 radical (unpaired) electrons. The van der Waals surface area contributed by atoms with E-state index < -0.39 is 56.7 Å². The number of carboxylic acid groups (broad SMARTS) is 1. The second-order valence-corrected chi connectivity index (χ2v) is 11.7. The van der Waals surface area contributed by atoms with Crippen molar-refractivity contribution in [3.63, 3.8) is 0 Å². The van der Waals surface area contributed by atoms with Gasteiger partial charge in [0.15, 0.2) is 0 Å². The highest BCUT2D eigenvalue weighted by Crippen LogP contribution is 2.42. The summed E-state index contributed by atoms with van der Waals surface area (Å²) in [5.41, 5.74) is 0. The van der Waals surface area contributed by atoms with Crippen molar-refractivity contribution in [2.75, 3.05) is 6.54 Å². The highest BCUT2D eigenvalue weighted by molar-refractivity contribution is 7.91. The molecule has 0 spiro atoms. The van der Waals surface area contributed by atoms with E-state index >= 15 is 0 Å². The number of hydrogen-bond acceptors (Lipinski definition) is 6. The molecule has 0 aromatic carbocycles. The molecule has 11 nitrogen and oxygen atoms in total. The van der Waals surface area contributed by atoms with Crippen LogP contribution >= 0.6 is 0 Å². The summed E-state index contributed by atoms with van der Waals surface area (Å²) in [6.45, 7) is 1.87. The number of carbonyl (C=O) groups is 4. The quantitative estimate of drug-likeness (QED) is 0.420. The molecule has 1 saturated carbocycles. The summed E-state index contributed by atoms with van der Waals surface area (Å²) in [4.78, 5) is 51.7. The van der Waals surface area contributed by atoms with Gasteiger partial charge in [-0.3, -0.25) is 19.1 Å². The minimum atomic E-state index is -3.87. The molecule has 3 aliphatic rings. The Morgan fingerprint density at radius 2 is 1.85 bits per heavy atom. The van der Waals surface area contributed by atoms with Crippen molar-refractivity contribution in [1.82, 2.24) is 20.3 Å². The van der Waals surface area contributed by atoms with E-state index in [1.165, 1.54) is 4.90 Å². The van der Waals surface area contributed by atoms with Crippen molar-refractivity contribution in [2.45, 2.75) is 94.0 Å². The van der Waals surface area contributed by atoms with Crippen LogP contribution in [0.15, 0.2) is 12.2 Å². The van der Waals surface area contributed by atoms with Crippen molar-refractivity contribution in [2.24, 2.45) is 0 Å². The van der Waals surface area contributed by atoms with Gasteiger partial charge in [0.05, 0.1) is 4.75 Å². The number of allylic oxidation sites excluding steroid dienone is 1. The third-order valence-corrected chi connectivity index (χ3v) is 8.98. The molecule has 1 aliphatic carbocycles. The van der Waals surface area contributed by atoms with Crippen LogP contribution in [0.25, 0.3) is 0 Å². The van der Waals surface area contributed by atoms with Gasteiger partial charge in [0.2, 0.25) is 21.8 Å². The molecule has 0 aromatic rings. The van der Waals surface area contributed by atoms with E-state index in [0.717, 1.165) is 12.8 Å². The maximum atomic E-state index is 13.1. The molecule has 34 heavy (non-hydrogen) atoms. The number of fused-ring (bicyclic) bond motifs is 1. The first kappa shape index (κ1) is 26.0. The maximum Gasteiger partial charge on any atom is 0.405 e. The molecule has 2 aliphatic heterocycles. The van der Waals surface area contributed by atoms with Crippen molar-refractivity contribution >= 4 is 33.8 Å². The van der Waals surface area contributed by atoms with Crippen LogP contribution < -0.4 is 15.4 Å². The largest absolute Gasteiger partial charge is 0.465 e. The lowest BCUT2D eigenvalue weighted by Crippen LogP contribution is -2.56. The fraction of sp³-hybridized carbons (Fsp3) is 0.727. The summed E-state index contributed by atoms with van der Waals surface area (Å²) in [6.07, 6.45) is 7.61. The lowest BCUT2D eigenvalue weighted by atomic mass is 10.1. The van der Waals surface area contributed by atoms with Gasteiger partial charge in [-0.05, 0) is 58.3 Å². The van der Waals surface area contributed by atoms with Gasteiger partial charge in [0.1, 0.15) is 18.1 Å². The number of rotatable bonds is 4. The standard InChI is InChI=1S/C22H34N4O7S/c1-22(12-13-22)34(32,33)25-18(27)15-9-6-4-2-3-5-7-10-16(24-21(30)31)20(29)26-14-8-11-17(26)19(28)23-15/h4,6,15-17,24H,2-3,5,7-14H2,1H3,(H,23,28)(H,25,27)(H,30,31)/b6-4-/t15?,16-,17?/m0/s1. The second kappa shape index (κ2) is 10.7. The van der Waals surface area contributed by atoms with Crippen LogP contribution in [-0.2, 0) is 24.4 Å². The lowest BCUT2D eigenvalue weighted by molar-refractivity contribution is -0.140. The minimum absolute atomic E-state index is 0.119. The molecule has 12 heteroatoms. The molecular formula is C22H34N4O7S. The topological polar surface area (TPSA) is 162 Å². The Balaban J connectivity index is 1.79. The molecule has 4 N–H and O–H groups in total. The Morgan fingerprint density at radius 1 is 1.12 bits per heavy atom. The summed E-state index contributed by atoms with van der Waals surface area (Å²) < 4.78 is 26.2.